The Labute approximate surface area is 417 Å². The van der Waals surface area contributed by atoms with Crippen LogP contribution in [0.4, 0.5) is 0 Å². The van der Waals surface area contributed by atoms with Gasteiger partial charge in [-0.05, 0) is 110 Å². The van der Waals surface area contributed by atoms with Gasteiger partial charge in [0.15, 0.2) is 0 Å². The summed E-state index contributed by atoms with van der Waals surface area (Å²) in [6, 6.07) is 22.9. The van der Waals surface area contributed by atoms with Crippen molar-refractivity contribution < 1.29 is 59.8 Å². The Bertz CT molecular complexity index is 2680. The van der Waals surface area contributed by atoms with Gasteiger partial charge >= 0.3 is 0 Å². The molecule has 16 heteroatoms. The van der Waals surface area contributed by atoms with E-state index >= 15 is 0 Å². The third-order valence-corrected chi connectivity index (χ3v) is 14.0. The maximum atomic E-state index is 10.7. The van der Waals surface area contributed by atoms with E-state index in [2.05, 4.69) is 60.2 Å². The zero-order valence-corrected chi connectivity index (χ0v) is 40.6. The number of nitrogens with one attached hydrogen (secondary N) is 2. The number of fused-ring (bicyclic) bond motifs is 8. The molecule has 5 aromatic rings. The van der Waals surface area contributed by atoms with Crippen molar-refractivity contribution in [1.82, 2.24) is 19.9 Å². The van der Waals surface area contributed by atoms with E-state index in [-0.39, 0.29) is 0 Å². The molecule has 4 aliphatic rings. The highest BCUT2D eigenvalue weighted by atomic mass is 16.7. The summed E-state index contributed by atoms with van der Waals surface area (Å²) in [4.78, 5) is 18.3. The molecule has 5 unspecified atom stereocenters. The second kappa shape index (κ2) is 23.0. The van der Waals surface area contributed by atoms with Gasteiger partial charge in [-0.1, -0.05) is 76.6 Å². The summed E-state index contributed by atoms with van der Waals surface area (Å²) >= 11 is 0. The molecule has 7 heterocycles. The molecular formula is C56H66N4O12. The molecule has 0 spiro atoms. The number of aromatic amines is 2. The highest BCUT2D eigenvalue weighted by Gasteiger charge is 2.46. The molecule has 2 fully saturated rings. The first-order valence-corrected chi connectivity index (χ1v) is 25.3. The van der Waals surface area contributed by atoms with Gasteiger partial charge in [0.1, 0.15) is 60.3 Å². The molecule has 9 rings (SSSR count). The van der Waals surface area contributed by atoms with Gasteiger partial charge in [0.05, 0.1) is 36.0 Å². The summed E-state index contributed by atoms with van der Waals surface area (Å²) in [7, 11) is 0. The normalized spacial score (nSPS) is 25.0. The average Bonchev–Trinajstić information content (AvgIpc) is 4.26. The van der Waals surface area contributed by atoms with E-state index in [0.29, 0.717) is 11.5 Å². The predicted molar refractivity (Wildman–Crippen MR) is 274 cm³/mol. The maximum Gasteiger partial charge on any atom is 0.229 e. The summed E-state index contributed by atoms with van der Waals surface area (Å²) in [6.07, 6.45) is 4.14. The summed E-state index contributed by atoms with van der Waals surface area (Å²) in [5.74, 6) is 0.694. The quantitative estimate of drug-likeness (QED) is 0.0407. The number of aromatic nitrogens is 4. The number of H-pyrrole nitrogens is 2. The average molecular weight is 987 g/mol. The van der Waals surface area contributed by atoms with Crippen LogP contribution in [0.5, 0.6) is 11.5 Å². The van der Waals surface area contributed by atoms with E-state index in [1.165, 1.54) is 0 Å². The number of ether oxygens (including phenoxy) is 4. The Morgan fingerprint density at radius 2 is 0.819 bits per heavy atom. The monoisotopic (exact) mass is 986 g/mol. The van der Waals surface area contributed by atoms with E-state index in [0.717, 1.165) is 142 Å². The van der Waals surface area contributed by atoms with Crippen molar-refractivity contribution in [2.45, 2.75) is 139 Å². The number of benzene rings is 2. The molecule has 0 saturated carbocycles. The molecule has 10 atom stereocenters. The highest BCUT2D eigenvalue weighted by Crippen LogP contribution is 2.37. The van der Waals surface area contributed by atoms with Crippen LogP contribution in [0.3, 0.4) is 0 Å². The Balaban J connectivity index is 1.18. The molecule has 4 aliphatic heterocycles. The van der Waals surface area contributed by atoms with E-state index in [9.17, 15) is 40.9 Å². The van der Waals surface area contributed by atoms with Crippen LogP contribution in [0.2, 0.25) is 0 Å². The first-order valence-electron chi connectivity index (χ1n) is 25.3. The predicted octanol–water partition coefficient (Wildman–Crippen LogP) is 6.59. The standard InChI is InChI=1S/C56H66N4O12/c1-3-5-7-9-11-35-37-21-25-41(57-37)47(31-13-17-33(18-14-31)69-55-53(67)51(65)49(63)45(29-61)71-55)43-27-23-39(59-43)36(12-10-8-6-4-2)40-24-28-44(60-40)48(42-26-22-38(35)58-42)32-15-19-34(20-16-32)70-56-54(68)52(66)50(64)46(30-62)72-56/h13-28,45-46,49-57,60-68H,3-12,29-30H2,1-2H3/t45-,46?,49-,50+,51?,52?,53-,54?,55?,56-/m1/s1. The van der Waals surface area contributed by atoms with Crippen LogP contribution in [-0.2, 0) is 22.3 Å². The van der Waals surface area contributed by atoms with E-state index in [1.54, 1.807) is 24.3 Å². The van der Waals surface area contributed by atoms with Gasteiger partial charge in [-0.25, -0.2) is 9.97 Å². The first kappa shape index (κ1) is 51.2. The summed E-state index contributed by atoms with van der Waals surface area (Å²) < 4.78 is 23.2. The highest BCUT2D eigenvalue weighted by molar-refractivity contribution is 5.94. The first-order chi connectivity index (χ1) is 35.0. The molecule has 0 aliphatic carbocycles. The Morgan fingerprint density at radius 3 is 1.19 bits per heavy atom. The topological polar surface area (TPSA) is 256 Å². The Hall–Kier alpha value is -5.76. The van der Waals surface area contributed by atoms with E-state index < -0.39 is 74.6 Å². The number of hydrogen-bond acceptors (Lipinski definition) is 14. The van der Waals surface area contributed by atoms with Crippen molar-refractivity contribution in [1.29, 1.82) is 0 Å². The van der Waals surface area contributed by atoms with Gasteiger partial charge in [-0.3, -0.25) is 0 Å². The van der Waals surface area contributed by atoms with Crippen LogP contribution < -0.4 is 9.47 Å². The Kier molecular flexibility index (Phi) is 16.3. The third kappa shape index (κ3) is 10.8. The number of aryl methyl sites for hydroxylation is 2. The number of nitrogens with zero attached hydrogens (tertiary/aromatic N) is 2. The number of rotatable bonds is 18. The van der Waals surface area contributed by atoms with Crippen LogP contribution >= 0.6 is 0 Å². The number of hydrogen-bond donors (Lipinski definition) is 10. The van der Waals surface area contributed by atoms with Crippen molar-refractivity contribution >= 4 is 46.4 Å². The zero-order valence-electron chi connectivity index (χ0n) is 40.6. The van der Waals surface area contributed by atoms with Crippen LogP contribution in [0.1, 0.15) is 99.1 Å². The molecule has 382 valence electrons. The van der Waals surface area contributed by atoms with Gasteiger partial charge < -0.3 is 69.8 Å². The minimum Gasteiger partial charge on any atom is -0.462 e. The zero-order chi connectivity index (χ0) is 50.5. The van der Waals surface area contributed by atoms with Crippen molar-refractivity contribution in [3.8, 4) is 33.8 Å². The van der Waals surface area contributed by atoms with Crippen LogP contribution in [0, 0.1) is 0 Å². The lowest BCUT2D eigenvalue weighted by Crippen LogP contribution is -2.60. The molecule has 0 amide bonds. The summed E-state index contributed by atoms with van der Waals surface area (Å²) in [5.41, 5.74) is 12.2. The number of aliphatic hydroxyl groups is 8. The van der Waals surface area contributed by atoms with Crippen molar-refractivity contribution in [3.63, 3.8) is 0 Å². The maximum absolute atomic E-state index is 10.7. The van der Waals surface area contributed by atoms with Crippen molar-refractivity contribution in [2.75, 3.05) is 13.2 Å². The second-order valence-electron chi connectivity index (χ2n) is 19.0. The molecular weight excluding hydrogens is 921 g/mol. The summed E-state index contributed by atoms with van der Waals surface area (Å²) in [5, 5.41) is 82.2. The minimum absolute atomic E-state index is 0.347. The van der Waals surface area contributed by atoms with E-state index in [4.69, 9.17) is 28.9 Å². The lowest BCUT2D eigenvalue weighted by atomic mass is 9.99. The lowest BCUT2D eigenvalue weighted by Gasteiger charge is -2.39. The van der Waals surface area contributed by atoms with Gasteiger partial charge in [-0.2, -0.15) is 0 Å². The molecule has 72 heavy (non-hydrogen) atoms. The fraction of sp³-hybridized carbons (Fsp3) is 0.429. The van der Waals surface area contributed by atoms with Crippen LogP contribution in [-0.4, -0.2) is 135 Å². The molecule has 2 saturated heterocycles. The van der Waals surface area contributed by atoms with Crippen LogP contribution in [0.25, 0.3) is 68.6 Å². The number of unbranched alkanes of at least 4 members (excludes halogenated alkanes) is 6. The number of aliphatic hydroxyl groups excluding tert-OH is 8. The molecule has 16 nitrogen and oxygen atoms in total. The molecule has 10 N–H and O–H groups in total. The smallest absolute Gasteiger partial charge is 0.229 e. The largest absolute Gasteiger partial charge is 0.462 e. The van der Waals surface area contributed by atoms with Gasteiger partial charge in [0, 0.05) is 44.3 Å². The fourth-order valence-electron chi connectivity index (χ4n) is 9.91. The minimum atomic E-state index is -1.57. The van der Waals surface area contributed by atoms with E-state index in [1.807, 2.05) is 36.4 Å². The van der Waals surface area contributed by atoms with Gasteiger partial charge in [0.25, 0.3) is 0 Å². The molecule has 3 aromatic heterocycles. The van der Waals surface area contributed by atoms with Gasteiger partial charge in [0.2, 0.25) is 12.6 Å². The second-order valence-corrected chi connectivity index (χ2v) is 19.0. The Morgan fingerprint density at radius 1 is 0.444 bits per heavy atom. The van der Waals surface area contributed by atoms with Crippen LogP contribution in [0.15, 0.2) is 72.8 Å². The van der Waals surface area contributed by atoms with Crippen molar-refractivity contribution in [3.05, 3.63) is 107 Å². The molecule has 2 aromatic carbocycles. The fourth-order valence-corrected chi connectivity index (χ4v) is 9.91. The third-order valence-electron chi connectivity index (χ3n) is 14.0. The van der Waals surface area contributed by atoms with Crippen molar-refractivity contribution in [2.24, 2.45) is 0 Å². The molecule has 8 bridgehead atoms. The molecule has 0 radical (unpaired) electrons. The summed E-state index contributed by atoms with van der Waals surface area (Å²) in [6.45, 7) is 3.26. The lowest BCUT2D eigenvalue weighted by molar-refractivity contribution is -0.277. The van der Waals surface area contributed by atoms with Gasteiger partial charge in [-0.15, -0.1) is 0 Å². The SMILES string of the molecule is CCCCCCc1c2nc(c(-c3ccc(O[C@@H]4OC(CO)[C@H](O)C(O)C4O)cc3)c3ccc([nH]3)c(CCCCCC)c3nc(c(-c4ccc(OC5O[C@H](CO)[C@@H](O)C(O)[C@H]5O)cc4)c4ccc1[nH]4)C=C3)C=C2.